The Morgan fingerprint density at radius 2 is 2.00 bits per heavy atom. The van der Waals surface area contributed by atoms with Crippen molar-refractivity contribution in [2.24, 2.45) is 0 Å². The summed E-state index contributed by atoms with van der Waals surface area (Å²) >= 11 is 5.59. The summed E-state index contributed by atoms with van der Waals surface area (Å²) in [7, 11) is 0. The molecule has 1 aromatic heterocycles. The molecule has 0 saturated heterocycles. The van der Waals surface area contributed by atoms with E-state index in [1.54, 1.807) is 0 Å². The molecule has 2 aromatic rings. The van der Waals surface area contributed by atoms with E-state index in [4.69, 9.17) is 22.6 Å². The molecule has 0 atom stereocenters. The minimum Gasteiger partial charge on any atom is -0.395 e. The highest BCUT2D eigenvalue weighted by Crippen LogP contribution is 2.38. The molecule has 3 N–H and O–H groups in total. The van der Waals surface area contributed by atoms with Gasteiger partial charge in [0.2, 0.25) is 0 Å². The van der Waals surface area contributed by atoms with Crippen molar-refractivity contribution in [3.8, 4) is 6.07 Å². The molecule has 0 aliphatic heterocycles. The number of pyridine rings is 1. The van der Waals surface area contributed by atoms with Crippen LogP contribution in [0, 0.1) is 11.3 Å². The smallest absolute Gasteiger partial charge is 0.395 e. The van der Waals surface area contributed by atoms with Crippen LogP contribution in [0.3, 0.4) is 0 Å². The molecule has 1 aromatic carbocycles. The fourth-order valence-electron chi connectivity index (χ4n) is 1.66. The summed E-state index contributed by atoms with van der Waals surface area (Å²) in [5.74, 6) is -0.0260. The van der Waals surface area contributed by atoms with Gasteiger partial charge < -0.3 is 11.1 Å². The molecule has 4 nitrogen and oxygen atoms in total. The van der Waals surface area contributed by atoms with Crippen molar-refractivity contribution in [2.75, 3.05) is 11.1 Å². The molecular formula is C13H8ClF3N4. The van der Waals surface area contributed by atoms with Crippen LogP contribution in [0.15, 0.2) is 30.5 Å². The lowest BCUT2D eigenvalue weighted by Crippen LogP contribution is -2.10. The number of rotatable bonds is 2. The number of halogens is 4. The van der Waals surface area contributed by atoms with Crippen LogP contribution in [0.25, 0.3) is 0 Å². The van der Waals surface area contributed by atoms with Gasteiger partial charge in [0.25, 0.3) is 0 Å². The third-order valence-corrected chi connectivity index (χ3v) is 2.89. The van der Waals surface area contributed by atoms with Crippen molar-refractivity contribution in [1.29, 1.82) is 5.26 Å². The van der Waals surface area contributed by atoms with Crippen LogP contribution in [0.5, 0.6) is 0 Å². The number of aromatic nitrogens is 1. The molecule has 0 spiro atoms. The van der Waals surface area contributed by atoms with Crippen molar-refractivity contribution < 1.29 is 13.2 Å². The van der Waals surface area contributed by atoms with E-state index in [9.17, 15) is 13.2 Å². The van der Waals surface area contributed by atoms with E-state index in [2.05, 4.69) is 10.3 Å². The van der Waals surface area contributed by atoms with Crippen LogP contribution in [-0.4, -0.2) is 4.98 Å². The van der Waals surface area contributed by atoms with Gasteiger partial charge in [-0.15, -0.1) is 0 Å². The van der Waals surface area contributed by atoms with Crippen LogP contribution in [0.1, 0.15) is 11.1 Å². The highest BCUT2D eigenvalue weighted by molar-refractivity contribution is 6.30. The molecule has 0 bridgehead atoms. The van der Waals surface area contributed by atoms with E-state index in [-0.39, 0.29) is 27.8 Å². The van der Waals surface area contributed by atoms with E-state index in [1.807, 2.05) is 6.07 Å². The second-order valence-corrected chi connectivity index (χ2v) is 4.48. The summed E-state index contributed by atoms with van der Waals surface area (Å²) in [5.41, 5.74) is 4.58. The van der Waals surface area contributed by atoms with Gasteiger partial charge in [0, 0.05) is 11.2 Å². The first-order chi connectivity index (χ1) is 9.82. The van der Waals surface area contributed by atoms with Crippen LogP contribution < -0.4 is 11.1 Å². The Hall–Kier alpha value is -2.46. The van der Waals surface area contributed by atoms with Gasteiger partial charge in [-0.25, -0.2) is 4.98 Å². The molecule has 21 heavy (non-hydrogen) atoms. The lowest BCUT2D eigenvalue weighted by Gasteiger charge is -2.15. The molecule has 2 rings (SSSR count). The lowest BCUT2D eigenvalue weighted by atomic mass is 10.1. The van der Waals surface area contributed by atoms with E-state index >= 15 is 0 Å². The highest BCUT2D eigenvalue weighted by Gasteiger charge is 2.34. The predicted octanol–water partition coefficient (Wildman–Crippen LogP) is 3.95. The molecule has 0 aliphatic carbocycles. The molecule has 0 unspecified atom stereocenters. The Balaban J connectivity index is 2.48. The van der Waals surface area contributed by atoms with Gasteiger partial charge >= 0.3 is 6.18 Å². The number of nitrogens with two attached hydrogens (primary N) is 1. The zero-order valence-electron chi connectivity index (χ0n) is 10.4. The van der Waals surface area contributed by atoms with Gasteiger partial charge in [-0.3, -0.25) is 0 Å². The average molecular weight is 313 g/mol. The summed E-state index contributed by atoms with van der Waals surface area (Å²) in [6.45, 7) is 0. The number of anilines is 3. The number of nitrogens with zero attached hydrogens (tertiary/aromatic N) is 2. The first-order valence-corrected chi connectivity index (χ1v) is 5.99. The SMILES string of the molecule is N#Cc1ccnc(Nc2ccc(Cl)cc2C(F)(F)F)c1N. The van der Waals surface area contributed by atoms with Gasteiger partial charge in [0.1, 0.15) is 6.07 Å². The van der Waals surface area contributed by atoms with Gasteiger partial charge in [-0.2, -0.15) is 18.4 Å². The van der Waals surface area contributed by atoms with Crippen LogP contribution in [0.2, 0.25) is 5.02 Å². The topological polar surface area (TPSA) is 74.7 Å². The second kappa shape index (κ2) is 5.50. The third kappa shape index (κ3) is 3.17. The number of alkyl halides is 3. The minimum absolute atomic E-state index is 0.0249. The third-order valence-electron chi connectivity index (χ3n) is 2.65. The molecule has 1 heterocycles. The molecule has 0 radical (unpaired) electrons. The van der Waals surface area contributed by atoms with E-state index in [0.29, 0.717) is 0 Å². The van der Waals surface area contributed by atoms with Gasteiger partial charge in [-0.05, 0) is 24.3 Å². The highest BCUT2D eigenvalue weighted by atomic mass is 35.5. The zero-order valence-corrected chi connectivity index (χ0v) is 11.1. The van der Waals surface area contributed by atoms with Crippen molar-refractivity contribution in [3.05, 3.63) is 46.6 Å². The summed E-state index contributed by atoms with van der Waals surface area (Å²) < 4.78 is 38.9. The van der Waals surface area contributed by atoms with E-state index in [1.165, 1.54) is 24.4 Å². The molecular weight excluding hydrogens is 305 g/mol. The first kappa shape index (κ1) is 14.9. The Morgan fingerprint density at radius 1 is 1.29 bits per heavy atom. The van der Waals surface area contributed by atoms with Crippen molar-refractivity contribution in [2.45, 2.75) is 6.18 Å². The molecule has 0 amide bonds. The first-order valence-electron chi connectivity index (χ1n) is 5.61. The van der Waals surface area contributed by atoms with E-state index < -0.39 is 11.7 Å². The number of nitrogens with one attached hydrogen (secondary N) is 1. The monoisotopic (exact) mass is 312 g/mol. The maximum atomic E-state index is 13.0. The van der Waals surface area contributed by atoms with E-state index in [0.717, 1.165) is 6.07 Å². The largest absolute Gasteiger partial charge is 0.418 e. The normalized spacial score (nSPS) is 11.0. The number of hydrogen-bond acceptors (Lipinski definition) is 4. The number of nitrogen functional groups attached to an aromatic ring is 1. The maximum absolute atomic E-state index is 13.0. The Kier molecular flexibility index (Phi) is 3.91. The Morgan fingerprint density at radius 3 is 2.62 bits per heavy atom. The average Bonchev–Trinajstić information content (AvgIpc) is 2.42. The van der Waals surface area contributed by atoms with Gasteiger partial charge in [0.15, 0.2) is 5.82 Å². The van der Waals surface area contributed by atoms with Crippen molar-refractivity contribution in [3.63, 3.8) is 0 Å². The molecule has 108 valence electrons. The summed E-state index contributed by atoms with van der Waals surface area (Å²) in [5, 5.41) is 11.3. The number of nitriles is 1. The Bertz CT molecular complexity index is 722. The minimum atomic E-state index is -4.59. The predicted molar refractivity (Wildman–Crippen MR) is 73.1 cm³/mol. The summed E-state index contributed by atoms with van der Waals surface area (Å²) in [4.78, 5) is 3.84. The molecule has 0 saturated carbocycles. The lowest BCUT2D eigenvalue weighted by molar-refractivity contribution is -0.136. The molecule has 8 heteroatoms. The summed E-state index contributed by atoms with van der Waals surface area (Å²) in [6, 6.07) is 6.48. The molecule has 0 fully saturated rings. The van der Waals surface area contributed by atoms with Gasteiger partial charge in [0.05, 0.1) is 22.5 Å². The fourth-order valence-corrected chi connectivity index (χ4v) is 1.83. The standard InChI is InChI=1S/C13H8ClF3N4/c14-8-1-2-10(9(5-8)13(15,16)17)21-12-11(19)7(6-18)3-4-20-12/h1-5H,19H2,(H,20,21). The summed E-state index contributed by atoms with van der Waals surface area (Å²) in [6.07, 6.45) is -3.31. The van der Waals surface area contributed by atoms with Crippen molar-refractivity contribution in [1.82, 2.24) is 4.98 Å². The van der Waals surface area contributed by atoms with Crippen LogP contribution >= 0.6 is 11.6 Å². The van der Waals surface area contributed by atoms with Crippen LogP contribution in [0.4, 0.5) is 30.4 Å². The fraction of sp³-hybridized carbons (Fsp3) is 0.0769. The maximum Gasteiger partial charge on any atom is 0.418 e. The zero-order chi connectivity index (χ0) is 15.6. The number of hydrogen-bond donors (Lipinski definition) is 2. The second-order valence-electron chi connectivity index (χ2n) is 4.05. The Labute approximate surface area is 123 Å². The van der Waals surface area contributed by atoms with Gasteiger partial charge in [-0.1, -0.05) is 11.6 Å². The van der Waals surface area contributed by atoms with Crippen LogP contribution in [-0.2, 0) is 6.18 Å². The quantitative estimate of drug-likeness (QED) is 0.880. The van der Waals surface area contributed by atoms with Crippen molar-refractivity contribution >= 4 is 28.8 Å². The number of benzene rings is 1. The molecule has 0 aliphatic rings.